The first-order valence-electron chi connectivity index (χ1n) is 13.1. The van der Waals surface area contributed by atoms with Gasteiger partial charge in [0.05, 0.1) is 24.4 Å². The molecule has 2 unspecified atom stereocenters. The summed E-state index contributed by atoms with van der Waals surface area (Å²) >= 11 is 21.6. The molecule has 2 atom stereocenters. The van der Waals surface area contributed by atoms with E-state index in [1.54, 1.807) is 23.3 Å². The maximum Gasteiger partial charge on any atom is 0.418 e. The van der Waals surface area contributed by atoms with Gasteiger partial charge in [0.25, 0.3) is 0 Å². The molecular weight excluding hydrogens is 696 g/mol. The molecule has 1 fully saturated rings. The Kier molecular flexibility index (Phi) is 11.7. The number of imidazole rings is 1. The smallest absolute Gasteiger partial charge is 0.374 e. The lowest BCUT2D eigenvalue weighted by Gasteiger charge is -2.29. The summed E-state index contributed by atoms with van der Waals surface area (Å²) in [5.41, 5.74) is -0.686. The number of hydrogen-bond acceptors (Lipinski definition) is 6. The van der Waals surface area contributed by atoms with Gasteiger partial charge in [-0.15, -0.1) is 0 Å². The fourth-order valence-electron chi connectivity index (χ4n) is 4.40. The Bertz CT molecular complexity index is 1510. The van der Waals surface area contributed by atoms with Gasteiger partial charge in [0.15, 0.2) is 0 Å². The molecule has 0 N–H and O–H groups in total. The Hall–Kier alpha value is -2.48. The number of aliphatic imine (C=N–C) groups is 1. The van der Waals surface area contributed by atoms with E-state index < -0.39 is 17.3 Å². The Morgan fingerprint density at radius 3 is 2.51 bits per heavy atom. The quantitative estimate of drug-likeness (QED) is 0.0793. The highest BCUT2D eigenvalue weighted by atomic mass is 79.9. The minimum atomic E-state index is -4.55. The first kappa shape index (κ1) is 33.4. The van der Waals surface area contributed by atoms with E-state index in [-0.39, 0.29) is 22.1 Å². The van der Waals surface area contributed by atoms with Crippen LogP contribution in [-0.4, -0.2) is 54.8 Å². The number of alkyl halides is 4. The van der Waals surface area contributed by atoms with Crippen LogP contribution in [0.5, 0.6) is 0 Å². The fourth-order valence-corrected chi connectivity index (χ4v) is 5.81. The second-order valence-corrected chi connectivity index (χ2v) is 12.1. The van der Waals surface area contributed by atoms with Gasteiger partial charge < -0.3 is 9.47 Å². The van der Waals surface area contributed by atoms with Crippen molar-refractivity contribution >= 4 is 62.3 Å². The number of benzene rings is 2. The lowest BCUT2D eigenvalue weighted by atomic mass is 9.90. The van der Waals surface area contributed by atoms with E-state index in [0.29, 0.717) is 35.6 Å². The molecule has 230 valence electrons. The van der Waals surface area contributed by atoms with Crippen molar-refractivity contribution in [1.29, 1.82) is 0 Å². The molecule has 0 amide bonds. The van der Waals surface area contributed by atoms with E-state index in [0.717, 1.165) is 24.5 Å². The lowest BCUT2D eigenvalue weighted by molar-refractivity contribution is -0.137. The highest BCUT2D eigenvalue weighted by Crippen LogP contribution is 2.43. The van der Waals surface area contributed by atoms with Crippen molar-refractivity contribution in [2.75, 3.05) is 19.8 Å². The first-order valence-corrected chi connectivity index (χ1v) is 15.1. The molecule has 1 saturated heterocycles. The number of halogens is 7. The average molecular weight is 723 g/mol. The molecule has 15 heteroatoms. The van der Waals surface area contributed by atoms with Crippen molar-refractivity contribution in [3.8, 4) is 0 Å². The van der Waals surface area contributed by atoms with E-state index in [1.165, 1.54) is 35.6 Å². The number of ether oxygens (including phenoxy) is 2. The third-order valence-electron chi connectivity index (χ3n) is 6.29. The molecule has 3 heterocycles. The maximum absolute atomic E-state index is 13.1. The number of nitrogens with zero attached hydrogens (tertiary/aromatic N) is 6. The third-order valence-corrected chi connectivity index (χ3v) is 7.66. The predicted molar refractivity (Wildman–Crippen MR) is 164 cm³/mol. The van der Waals surface area contributed by atoms with Crippen LogP contribution >= 0.6 is 50.7 Å². The number of aromatic nitrogens is 5. The average Bonchev–Trinajstić information content (AvgIpc) is 3.73. The topological polar surface area (TPSA) is 79.4 Å². The highest BCUT2D eigenvalue weighted by Gasteiger charge is 2.43. The van der Waals surface area contributed by atoms with Crippen molar-refractivity contribution < 1.29 is 22.6 Å². The van der Waals surface area contributed by atoms with Crippen LogP contribution in [0, 0.1) is 0 Å². The summed E-state index contributed by atoms with van der Waals surface area (Å²) in [7, 11) is 0. The van der Waals surface area contributed by atoms with Gasteiger partial charge in [-0.05, 0) is 43.2 Å². The maximum atomic E-state index is 13.1. The van der Waals surface area contributed by atoms with Gasteiger partial charge >= 0.3 is 6.18 Å². The summed E-state index contributed by atoms with van der Waals surface area (Å²) in [5, 5.41) is 5.39. The molecule has 0 saturated carbocycles. The molecule has 0 radical (unpaired) electrons. The van der Waals surface area contributed by atoms with Gasteiger partial charge in [-0.2, -0.15) is 18.3 Å². The predicted octanol–water partition coefficient (Wildman–Crippen LogP) is 8.22. The molecule has 0 spiro atoms. The minimum absolute atomic E-state index is 0.00249. The van der Waals surface area contributed by atoms with E-state index in [4.69, 9.17) is 44.3 Å². The SMILES string of the molecule is CCCOCC(=Nc1ccc(Cl)cc1C(F)(F)F)n1ccnc1.Clc1ccc(C2(Cn3cncn3)CC(Br)CO2)c(Cl)c1. The Morgan fingerprint density at radius 1 is 1.14 bits per heavy atom. The van der Waals surface area contributed by atoms with Crippen LogP contribution in [0.25, 0.3) is 0 Å². The number of rotatable bonds is 8. The first-order chi connectivity index (χ1) is 20.5. The van der Waals surface area contributed by atoms with Gasteiger partial charge in [0.2, 0.25) is 0 Å². The van der Waals surface area contributed by atoms with E-state index in [9.17, 15) is 13.2 Å². The highest BCUT2D eigenvalue weighted by molar-refractivity contribution is 9.09. The Balaban J connectivity index is 0.000000198. The normalized spacial score (nSPS) is 18.9. The van der Waals surface area contributed by atoms with Gasteiger partial charge in [-0.25, -0.2) is 19.6 Å². The van der Waals surface area contributed by atoms with Crippen LogP contribution in [-0.2, 0) is 27.8 Å². The summed E-state index contributed by atoms with van der Waals surface area (Å²) in [6.45, 7) is 3.70. The molecule has 2 aromatic carbocycles. The zero-order chi connectivity index (χ0) is 31.0. The minimum Gasteiger partial charge on any atom is -0.374 e. The molecule has 1 aliphatic rings. The Labute approximate surface area is 269 Å². The summed E-state index contributed by atoms with van der Waals surface area (Å²) in [6.07, 6.45) is 4.82. The second-order valence-electron chi connectivity index (χ2n) is 9.53. The van der Waals surface area contributed by atoms with E-state index in [1.807, 2.05) is 19.1 Å². The van der Waals surface area contributed by atoms with Crippen LogP contribution in [0.15, 0.2) is 72.8 Å². The standard InChI is InChI=1S/C15H15ClF3N3O.C13H12BrCl2N3O/c1-2-7-23-9-14(22-6-5-20-10-22)21-13-4-3-11(16)8-12(13)15(17,18)19;14-9-4-13(20-5-9,6-19-8-17-7-18-19)11-2-1-10(15)3-12(11)16/h3-6,8,10H,2,7,9H2,1H3;1-3,7-9H,4-6H2. The summed E-state index contributed by atoms with van der Waals surface area (Å²) in [5.74, 6) is 0.309. The number of hydrogen-bond donors (Lipinski definition) is 0. The van der Waals surface area contributed by atoms with Crippen LogP contribution in [0.2, 0.25) is 15.1 Å². The largest absolute Gasteiger partial charge is 0.418 e. The molecule has 43 heavy (non-hydrogen) atoms. The van der Waals surface area contributed by atoms with Crippen LogP contribution in [0.1, 0.15) is 30.9 Å². The molecule has 4 aromatic rings. The molecule has 5 rings (SSSR count). The van der Waals surface area contributed by atoms with Crippen LogP contribution in [0.4, 0.5) is 18.9 Å². The molecular formula is C28H27BrCl3F3N6O2. The molecule has 0 bridgehead atoms. The summed E-state index contributed by atoms with van der Waals surface area (Å²) in [6, 6.07) is 8.96. The molecule has 2 aromatic heterocycles. The van der Waals surface area contributed by atoms with Gasteiger partial charge in [-0.1, -0.05) is 63.7 Å². The summed E-state index contributed by atoms with van der Waals surface area (Å²) in [4.78, 5) is 12.3. The van der Waals surface area contributed by atoms with Crippen LogP contribution < -0.4 is 0 Å². The molecule has 1 aliphatic heterocycles. The molecule has 8 nitrogen and oxygen atoms in total. The van der Waals surface area contributed by atoms with Crippen molar-refractivity contribution in [2.45, 2.75) is 42.9 Å². The Morgan fingerprint density at radius 2 is 1.91 bits per heavy atom. The zero-order valence-corrected chi connectivity index (χ0v) is 26.7. The monoisotopic (exact) mass is 720 g/mol. The van der Waals surface area contributed by atoms with Gasteiger partial charge in [-0.3, -0.25) is 4.57 Å². The lowest BCUT2D eigenvalue weighted by Crippen LogP contribution is -2.31. The van der Waals surface area contributed by atoms with Crippen molar-refractivity contribution in [1.82, 2.24) is 24.3 Å². The fraction of sp³-hybridized carbons (Fsp3) is 0.357. The van der Waals surface area contributed by atoms with E-state index >= 15 is 0 Å². The molecule has 0 aliphatic carbocycles. The van der Waals surface area contributed by atoms with Crippen molar-refractivity contribution in [3.63, 3.8) is 0 Å². The summed E-state index contributed by atoms with van der Waals surface area (Å²) < 4.78 is 54.2. The third kappa shape index (κ3) is 9.02. The van der Waals surface area contributed by atoms with Crippen LogP contribution in [0.3, 0.4) is 0 Å². The van der Waals surface area contributed by atoms with Crippen molar-refractivity contribution in [3.05, 3.63) is 94.0 Å². The van der Waals surface area contributed by atoms with Crippen molar-refractivity contribution in [2.24, 2.45) is 4.99 Å². The van der Waals surface area contributed by atoms with Gasteiger partial charge in [0.1, 0.15) is 37.0 Å². The zero-order valence-electron chi connectivity index (χ0n) is 22.8. The van der Waals surface area contributed by atoms with E-state index in [2.05, 4.69) is 36.0 Å². The van der Waals surface area contributed by atoms with Gasteiger partial charge in [0, 0.05) is 44.5 Å². The second kappa shape index (κ2) is 15.0.